The molecule has 0 bridgehead atoms. The van der Waals surface area contributed by atoms with Gasteiger partial charge in [-0.25, -0.2) is 20.1 Å². The Morgan fingerprint density at radius 2 is 2.00 bits per heavy atom. The number of nitrogens with zero attached hydrogens (tertiary/aromatic N) is 4. The van der Waals surface area contributed by atoms with Gasteiger partial charge in [0, 0.05) is 6.04 Å². The zero-order valence-corrected chi connectivity index (χ0v) is 15.7. The Hall–Kier alpha value is -1.90. The molecule has 1 saturated heterocycles. The molecule has 0 radical (unpaired) electrons. The summed E-state index contributed by atoms with van der Waals surface area (Å²) in [7, 11) is -4.20. The van der Waals surface area contributed by atoms with E-state index in [0.29, 0.717) is 23.0 Å². The molecule has 0 aromatic carbocycles. The van der Waals surface area contributed by atoms with Crippen molar-refractivity contribution in [2.24, 2.45) is 5.14 Å². The minimum atomic E-state index is -4.20. The third-order valence-corrected chi connectivity index (χ3v) is 5.53. The number of rotatable bonds is 6. The zero-order valence-electron chi connectivity index (χ0n) is 14.9. The molecule has 13 heteroatoms. The van der Waals surface area contributed by atoms with E-state index in [1.54, 1.807) is 0 Å². The first-order chi connectivity index (χ1) is 13.3. The summed E-state index contributed by atoms with van der Waals surface area (Å²) in [6, 6.07) is 0.332. The topological polar surface area (TPSA) is 175 Å². The summed E-state index contributed by atoms with van der Waals surface area (Å²) < 4.78 is 33.5. The predicted octanol–water partition coefficient (Wildman–Crippen LogP) is -0.980. The van der Waals surface area contributed by atoms with Gasteiger partial charge in [0.25, 0.3) is 0 Å². The van der Waals surface area contributed by atoms with Gasteiger partial charge in [0.05, 0.1) is 12.9 Å². The molecule has 0 unspecified atom stereocenters. The summed E-state index contributed by atoms with van der Waals surface area (Å²) in [6.07, 6.45) is 2.46. The number of fused-ring (bicyclic) bond motifs is 1. The fourth-order valence-electron chi connectivity index (χ4n) is 3.67. The quantitative estimate of drug-likeness (QED) is 0.460. The van der Waals surface area contributed by atoms with E-state index in [-0.39, 0.29) is 0 Å². The highest BCUT2D eigenvalue weighted by molar-refractivity contribution is 7.84. The van der Waals surface area contributed by atoms with Crippen molar-refractivity contribution in [1.29, 1.82) is 0 Å². The van der Waals surface area contributed by atoms with Crippen molar-refractivity contribution < 1.29 is 27.6 Å². The van der Waals surface area contributed by atoms with Crippen LogP contribution in [-0.4, -0.2) is 69.1 Å². The molecule has 2 aromatic heterocycles. The van der Waals surface area contributed by atoms with E-state index < -0.39 is 41.5 Å². The third kappa shape index (κ3) is 3.81. The molecule has 0 spiro atoms. The maximum atomic E-state index is 11.0. The molecule has 2 aliphatic rings. The van der Waals surface area contributed by atoms with Crippen molar-refractivity contribution in [3.8, 4) is 0 Å². The molecule has 4 rings (SSSR count). The van der Waals surface area contributed by atoms with Gasteiger partial charge in [-0.05, 0) is 12.8 Å². The third-order valence-electron chi connectivity index (χ3n) is 5.06. The van der Waals surface area contributed by atoms with Gasteiger partial charge in [-0.2, -0.15) is 8.42 Å². The Bertz CT molecular complexity index is 946. The number of aliphatic hydroxyl groups excluding tert-OH is 2. The van der Waals surface area contributed by atoms with E-state index in [1.807, 2.05) is 0 Å². The average Bonchev–Trinajstić information content (AvgIpc) is 3.35. The maximum Gasteiger partial charge on any atom is 0.333 e. The molecule has 28 heavy (non-hydrogen) atoms. The fraction of sp³-hybridized carbons (Fsp3) is 0.667. The van der Waals surface area contributed by atoms with Crippen LogP contribution in [0.3, 0.4) is 0 Å². The number of aromatic nitrogens is 4. The molecular formula is C15H22N6O6S. The van der Waals surface area contributed by atoms with Crippen molar-refractivity contribution in [1.82, 2.24) is 19.5 Å². The summed E-state index contributed by atoms with van der Waals surface area (Å²) in [5.41, 5.74) is 0.934. The highest BCUT2D eigenvalue weighted by Crippen LogP contribution is 2.33. The second-order valence-electron chi connectivity index (χ2n) is 7.00. The van der Waals surface area contributed by atoms with Crippen LogP contribution in [0.25, 0.3) is 11.2 Å². The molecule has 1 aliphatic carbocycles. The monoisotopic (exact) mass is 414 g/mol. The van der Waals surface area contributed by atoms with Crippen molar-refractivity contribution in [2.75, 3.05) is 11.9 Å². The highest BCUT2D eigenvalue weighted by Gasteiger charge is 2.45. The average molecular weight is 414 g/mol. The van der Waals surface area contributed by atoms with E-state index in [2.05, 4.69) is 24.5 Å². The van der Waals surface area contributed by atoms with Gasteiger partial charge in [-0.3, -0.25) is 8.75 Å². The van der Waals surface area contributed by atoms with Gasteiger partial charge in [0.2, 0.25) is 0 Å². The van der Waals surface area contributed by atoms with Crippen LogP contribution in [-0.2, 0) is 19.2 Å². The molecule has 5 N–H and O–H groups in total. The smallest absolute Gasteiger partial charge is 0.333 e. The van der Waals surface area contributed by atoms with Crippen LogP contribution in [0.2, 0.25) is 0 Å². The number of hydrogen-bond acceptors (Lipinski definition) is 10. The minimum absolute atomic E-state index is 0.332. The van der Waals surface area contributed by atoms with Crippen LogP contribution in [0.5, 0.6) is 0 Å². The van der Waals surface area contributed by atoms with Crippen LogP contribution in [0.1, 0.15) is 31.9 Å². The predicted molar refractivity (Wildman–Crippen MR) is 96.2 cm³/mol. The SMILES string of the molecule is NS(=O)(=O)OC[C@H]1O[C@@H](n2cnc3c(NC4CCCC4)ncnc32)[C@H](O)[C@@H]1O. The van der Waals surface area contributed by atoms with Gasteiger partial charge in [0.1, 0.15) is 24.6 Å². The van der Waals surface area contributed by atoms with Gasteiger partial charge in [0.15, 0.2) is 23.2 Å². The number of hydrogen-bond donors (Lipinski definition) is 4. The number of aliphatic hydroxyl groups is 2. The normalized spacial score (nSPS) is 29.0. The van der Waals surface area contributed by atoms with Crippen LogP contribution >= 0.6 is 0 Å². The van der Waals surface area contributed by atoms with E-state index >= 15 is 0 Å². The number of imidazole rings is 1. The fourth-order valence-corrected chi connectivity index (χ4v) is 3.99. The Kier molecular flexibility index (Phi) is 5.20. The van der Waals surface area contributed by atoms with Crippen LogP contribution in [0.15, 0.2) is 12.7 Å². The van der Waals surface area contributed by atoms with E-state index in [4.69, 9.17) is 9.88 Å². The molecule has 0 amide bonds. The van der Waals surface area contributed by atoms with Gasteiger partial charge in [-0.1, -0.05) is 12.8 Å². The van der Waals surface area contributed by atoms with Gasteiger partial charge < -0.3 is 20.3 Å². The number of ether oxygens (including phenoxy) is 1. The lowest BCUT2D eigenvalue weighted by molar-refractivity contribution is -0.0467. The summed E-state index contributed by atoms with van der Waals surface area (Å²) >= 11 is 0. The number of nitrogens with one attached hydrogen (secondary N) is 1. The van der Waals surface area contributed by atoms with Crippen molar-refractivity contribution >= 4 is 27.3 Å². The maximum absolute atomic E-state index is 11.0. The van der Waals surface area contributed by atoms with Crippen molar-refractivity contribution in [2.45, 2.75) is 56.3 Å². The molecule has 1 saturated carbocycles. The molecule has 4 atom stereocenters. The zero-order chi connectivity index (χ0) is 19.9. The molecule has 3 heterocycles. The summed E-state index contributed by atoms with van der Waals surface area (Å²) in [5, 5.41) is 28.7. The summed E-state index contributed by atoms with van der Waals surface area (Å²) in [5.74, 6) is 0.595. The first-order valence-corrected chi connectivity index (χ1v) is 10.4. The van der Waals surface area contributed by atoms with Crippen LogP contribution in [0, 0.1) is 0 Å². The first kappa shape index (κ1) is 19.4. The lowest BCUT2D eigenvalue weighted by Crippen LogP contribution is -2.35. The second-order valence-corrected chi connectivity index (χ2v) is 8.22. The van der Waals surface area contributed by atoms with Crippen LogP contribution in [0.4, 0.5) is 5.82 Å². The van der Waals surface area contributed by atoms with E-state index in [0.717, 1.165) is 12.8 Å². The summed E-state index contributed by atoms with van der Waals surface area (Å²) in [4.78, 5) is 12.8. The standard InChI is InChI=1S/C15H22N6O6S/c16-28(24,25)26-5-9-11(22)12(23)15(27-9)21-7-19-10-13(17-6-18-14(10)21)20-8-3-1-2-4-8/h6-9,11-12,15,22-23H,1-5H2,(H2,16,24,25)(H,17,18,20)/t9-,11-,12-,15-/m1/s1. The largest absolute Gasteiger partial charge is 0.387 e. The lowest BCUT2D eigenvalue weighted by atomic mass is 10.1. The minimum Gasteiger partial charge on any atom is -0.387 e. The Labute approximate surface area is 161 Å². The Morgan fingerprint density at radius 1 is 1.25 bits per heavy atom. The second kappa shape index (κ2) is 7.50. The summed E-state index contributed by atoms with van der Waals surface area (Å²) in [6.45, 7) is -0.524. The number of anilines is 1. The number of nitrogens with two attached hydrogens (primary N) is 1. The molecule has 1 aliphatic heterocycles. The lowest BCUT2D eigenvalue weighted by Gasteiger charge is -2.17. The molecule has 2 fully saturated rings. The van der Waals surface area contributed by atoms with Gasteiger partial charge >= 0.3 is 10.3 Å². The van der Waals surface area contributed by atoms with E-state index in [1.165, 1.54) is 30.1 Å². The first-order valence-electron chi connectivity index (χ1n) is 8.96. The van der Waals surface area contributed by atoms with Gasteiger partial charge in [-0.15, -0.1) is 0 Å². The molecular weight excluding hydrogens is 392 g/mol. The Morgan fingerprint density at radius 3 is 2.71 bits per heavy atom. The van der Waals surface area contributed by atoms with Crippen molar-refractivity contribution in [3.63, 3.8) is 0 Å². The highest BCUT2D eigenvalue weighted by atomic mass is 32.2. The molecule has 2 aromatic rings. The molecule has 154 valence electrons. The molecule has 12 nitrogen and oxygen atoms in total. The van der Waals surface area contributed by atoms with Crippen molar-refractivity contribution in [3.05, 3.63) is 12.7 Å². The van der Waals surface area contributed by atoms with E-state index in [9.17, 15) is 18.6 Å². The Balaban J connectivity index is 1.57. The van der Waals surface area contributed by atoms with Crippen LogP contribution < -0.4 is 10.5 Å².